The molecule has 1 N–H and O–H groups in total. The summed E-state index contributed by atoms with van der Waals surface area (Å²) < 4.78 is 0. The molecule has 0 aromatic heterocycles. The van der Waals surface area contributed by atoms with E-state index in [-0.39, 0.29) is 0 Å². The summed E-state index contributed by atoms with van der Waals surface area (Å²) in [5.41, 5.74) is 0. The molecule has 0 amide bonds. The van der Waals surface area contributed by atoms with Crippen molar-refractivity contribution in [3.63, 3.8) is 0 Å². The lowest BCUT2D eigenvalue weighted by Gasteiger charge is -2.49. The monoisotopic (exact) mass is 279 g/mol. The lowest BCUT2D eigenvalue weighted by Crippen LogP contribution is -2.55. The molecule has 3 heteroatoms. The molecule has 2 aliphatic heterocycles. The Labute approximate surface area is 125 Å². The van der Waals surface area contributed by atoms with Gasteiger partial charge >= 0.3 is 0 Å². The molecule has 0 aromatic carbocycles. The Bertz CT molecular complexity index is 299. The molecule has 2 saturated heterocycles. The minimum Gasteiger partial charge on any atom is -0.314 e. The number of likely N-dealkylation sites (tertiary alicyclic amines) is 2. The first-order valence-electron chi connectivity index (χ1n) is 8.95. The van der Waals surface area contributed by atoms with Gasteiger partial charge in [-0.1, -0.05) is 6.92 Å². The zero-order valence-corrected chi connectivity index (χ0v) is 13.5. The molecule has 0 aromatic rings. The summed E-state index contributed by atoms with van der Waals surface area (Å²) in [5, 5.41) is 3.63. The highest BCUT2D eigenvalue weighted by molar-refractivity contribution is 4.92. The van der Waals surface area contributed by atoms with E-state index < -0.39 is 0 Å². The number of hydrogen-bond acceptors (Lipinski definition) is 3. The minimum absolute atomic E-state index is 0.801. The number of fused-ring (bicyclic) bond motifs is 1. The summed E-state index contributed by atoms with van der Waals surface area (Å²) in [7, 11) is 2.34. The van der Waals surface area contributed by atoms with Gasteiger partial charge in [0.15, 0.2) is 0 Å². The second kappa shape index (κ2) is 6.76. The SMILES string of the molecule is CCNC1CCC(N2CCC3C(CCCN3C)C2)CC1. The molecule has 0 spiro atoms. The van der Waals surface area contributed by atoms with Crippen LogP contribution in [0.5, 0.6) is 0 Å². The van der Waals surface area contributed by atoms with Crippen molar-refractivity contribution >= 4 is 0 Å². The molecular formula is C17H33N3. The summed E-state index contributed by atoms with van der Waals surface area (Å²) in [5.74, 6) is 0.953. The van der Waals surface area contributed by atoms with Crippen molar-refractivity contribution in [2.75, 3.05) is 33.2 Å². The van der Waals surface area contributed by atoms with Crippen LogP contribution in [0.4, 0.5) is 0 Å². The average molecular weight is 279 g/mol. The molecular weight excluding hydrogens is 246 g/mol. The van der Waals surface area contributed by atoms with E-state index in [2.05, 4.69) is 29.1 Å². The van der Waals surface area contributed by atoms with Gasteiger partial charge in [-0.2, -0.15) is 0 Å². The fourth-order valence-electron chi connectivity index (χ4n) is 4.95. The molecule has 2 heterocycles. The molecule has 2 atom stereocenters. The van der Waals surface area contributed by atoms with Gasteiger partial charge in [0.1, 0.15) is 0 Å². The van der Waals surface area contributed by atoms with E-state index in [4.69, 9.17) is 0 Å². The van der Waals surface area contributed by atoms with E-state index in [1.54, 1.807) is 0 Å². The van der Waals surface area contributed by atoms with E-state index >= 15 is 0 Å². The summed E-state index contributed by atoms with van der Waals surface area (Å²) in [4.78, 5) is 5.48. The summed E-state index contributed by atoms with van der Waals surface area (Å²) >= 11 is 0. The van der Waals surface area contributed by atoms with Gasteiger partial charge in [-0.15, -0.1) is 0 Å². The Morgan fingerprint density at radius 1 is 1.00 bits per heavy atom. The van der Waals surface area contributed by atoms with E-state index in [0.29, 0.717) is 0 Å². The van der Waals surface area contributed by atoms with Gasteiger partial charge in [-0.25, -0.2) is 0 Å². The molecule has 3 nitrogen and oxygen atoms in total. The lowest BCUT2D eigenvalue weighted by atomic mass is 9.82. The smallest absolute Gasteiger partial charge is 0.0145 e. The van der Waals surface area contributed by atoms with Crippen molar-refractivity contribution < 1.29 is 0 Å². The van der Waals surface area contributed by atoms with Crippen molar-refractivity contribution in [1.82, 2.24) is 15.1 Å². The van der Waals surface area contributed by atoms with Gasteiger partial charge in [0.2, 0.25) is 0 Å². The van der Waals surface area contributed by atoms with E-state index in [0.717, 1.165) is 30.6 Å². The minimum atomic E-state index is 0.801. The Kier molecular flexibility index (Phi) is 5.00. The molecule has 3 rings (SSSR count). The Balaban J connectivity index is 1.50. The third-order valence-electron chi connectivity index (χ3n) is 6.08. The summed E-state index contributed by atoms with van der Waals surface area (Å²) in [6.45, 7) is 7.42. The topological polar surface area (TPSA) is 18.5 Å². The Morgan fingerprint density at radius 2 is 1.80 bits per heavy atom. The van der Waals surface area contributed by atoms with Crippen LogP contribution in [0.1, 0.15) is 51.9 Å². The number of nitrogens with one attached hydrogen (secondary N) is 1. The molecule has 116 valence electrons. The molecule has 2 unspecified atom stereocenters. The number of rotatable bonds is 3. The van der Waals surface area contributed by atoms with Crippen LogP contribution in [0.2, 0.25) is 0 Å². The fraction of sp³-hybridized carbons (Fsp3) is 1.00. The van der Waals surface area contributed by atoms with Crippen LogP contribution in [-0.2, 0) is 0 Å². The van der Waals surface area contributed by atoms with E-state index in [1.807, 2.05) is 0 Å². The predicted octanol–water partition coefficient (Wildman–Crippen LogP) is 2.32. The standard InChI is InChI=1S/C17H33N3/c1-3-18-15-6-8-16(9-7-15)20-12-10-17-14(13-20)5-4-11-19(17)2/h14-18H,3-13H2,1-2H3. The molecule has 3 fully saturated rings. The van der Waals surface area contributed by atoms with Crippen molar-refractivity contribution in [3.8, 4) is 0 Å². The average Bonchev–Trinajstić information content (AvgIpc) is 2.48. The highest BCUT2D eigenvalue weighted by Crippen LogP contribution is 2.33. The fourth-order valence-corrected chi connectivity index (χ4v) is 4.95. The molecule has 1 aliphatic carbocycles. The van der Waals surface area contributed by atoms with E-state index in [9.17, 15) is 0 Å². The maximum atomic E-state index is 3.63. The molecule has 3 aliphatic rings. The van der Waals surface area contributed by atoms with Crippen LogP contribution >= 0.6 is 0 Å². The van der Waals surface area contributed by atoms with Crippen molar-refractivity contribution in [3.05, 3.63) is 0 Å². The van der Waals surface area contributed by atoms with Crippen LogP contribution in [0.3, 0.4) is 0 Å². The third kappa shape index (κ3) is 3.20. The van der Waals surface area contributed by atoms with Crippen LogP contribution in [0.25, 0.3) is 0 Å². The first-order valence-corrected chi connectivity index (χ1v) is 8.95. The van der Waals surface area contributed by atoms with E-state index in [1.165, 1.54) is 64.6 Å². The number of nitrogens with zero attached hydrogens (tertiary/aromatic N) is 2. The highest BCUT2D eigenvalue weighted by Gasteiger charge is 2.37. The van der Waals surface area contributed by atoms with Gasteiger partial charge in [0, 0.05) is 24.7 Å². The zero-order chi connectivity index (χ0) is 13.9. The lowest BCUT2D eigenvalue weighted by molar-refractivity contribution is 0.0107. The van der Waals surface area contributed by atoms with Crippen LogP contribution < -0.4 is 5.32 Å². The van der Waals surface area contributed by atoms with Crippen molar-refractivity contribution in [2.24, 2.45) is 5.92 Å². The third-order valence-corrected chi connectivity index (χ3v) is 6.08. The predicted molar refractivity (Wildman–Crippen MR) is 85.1 cm³/mol. The van der Waals surface area contributed by atoms with Gasteiger partial charge in [0.05, 0.1) is 0 Å². The normalized spacial score (nSPS) is 40.5. The zero-order valence-electron chi connectivity index (χ0n) is 13.5. The first-order chi connectivity index (χ1) is 9.78. The maximum Gasteiger partial charge on any atom is 0.0145 e. The molecule has 0 bridgehead atoms. The molecule has 20 heavy (non-hydrogen) atoms. The Morgan fingerprint density at radius 3 is 2.55 bits per heavy atom. The second-order valence-corrected chi connectivity index (χ2v) is 7.30. The van der Waals surface area contributed by atoms with Gasteiger partial charge in [-0.3, -0.25) is 4.90 Å². The van der Waals surface area contributed by atoms with Gasteiger partial charge < -0.3 is 10.2 Å². The van der Waals surface area contributed by atoms with Gasteiger partial charge in [0.25, 0.3) is 0 Å². The highest BCUT2D eigenvalue weighted by atomic mass is 15.2. The van der Waals surface area contributed by atoms with Gasteiger partial charge in [-0.05, 0) is 77.5 Å². The summed E-state index contributed by atoms with van der Waals surface area (Å²) in [6.07, 6.45) is 9.92. The quantitative estimate of drug-likeness (QED) is 0.855. The largest absolute Gasteiger partial charge is 0.314 e. The van der Waals surface area contributed by atoms with Crippen LogP contribution in [0.15, 0.2) is 0 Å². The summed E-state index contributed by atoms with van der Waals surface area (Å²) in [6, 6.07) is 2.57. The Hall–Kier alpha value is -0.120. The molecule has 1 saturated carbocycles. The number of hydrogen-bond donors (Lipinski definition) is 1. The van der Waals surface area contributed by atoms with Crippen molar-refractivity contribution in [2.45, 2.75) is 70.0 Å². The van der Waals surface area contributed by atoms with Crippen LogP contribution in [0, 0.1) is 5.92 Å². The molecule has 0 radical (unpaired) electrons. The van der Waals surface area contributed by atoms with Crippen LogP contribution in [-0.4, -0.2) is 61.2 Å². The second-order valence-electron chi connectivity index (χ2n) is 7.30. The first kappa shape index (κ1) is 14.8. The maximum absolute atomic E-state index is 3.63. The van der Waals surface area contributed by atoms with Crippen molar-refractivity contribution in [1.29, 1.82) is 0 Å². The number of piperidine rings is 2.